The Hall–Kier alpha value is -3.07. The van der Waals surface area contributed by atoms with Gasteiger partial charge >= 0.3 is 0 Å². The third kappa shape index (κ3) is 6.21. The number of amides is 2. The fourth-order valence-corrected chi connectivity index (χ4v) is 3.46. The van der Waals surface area contributed by atoms with Crippen molar-refractivity contribution in [2.75, 3.05) is 24.9 Å². The molecule has 0 fully saturated rings. The highest BCUT2D eigenvalue weighted by Gasteiger charge is 2.17. The fraction of sp³-hybridized carbons (Fsp3) is 0.300. The zero-order chi connectivity index (χ0) is 21.4. The van der Waals surface area contributed by atoms with Gasteiger partial charge in [0.15, 0.2) is 0 Å². The van der Waals surface area contributed by atoms with Gasteiger partial charge in [-0.25, -0.2) is 8.42 Å². The summed E-state index contributed by atoms with van der Waals surface area (Å²) < 4.78 is 32.8. The molecule has 0 unspecified atom stereocenters. The van der Waals surface area contributed by atoms with E-state index in [2.05, 4.69) is 15.4 Å². The first-order chi connectivity index (χ1) is 13.7. The smallest absolute Gasteiger partial charge is 0.262 e. The molecule has 0 aliphatic carbocycles. The van der Waals surface area contributed by atoms with Crippen molar-refractivity contribution < 1.29 is 22.7 Å². The molecular formula is C20H25N3O5S. The summed E-state index contributed by atoms with van der Waals surface area (Å²) in [6, 6.07) is 12.2. The second-order valence-corrected chi connectivity index (χ2v) is 8.21. The van der Waals surface area contributed by atoms with E-state index in [-0.39, 0.29) is 29.2 Å². The number of hydrogen-bond acceptors (Lipinski definition) is 5. The van der Waals surface area contributed by atoms with Gasteiger partial charge in [0, 0.05) is 24.6 Å². The van der Waals surface area contributed by atoms with Gasteiger partial charge in [-0.3, -0.25) is 14.3 Å². The average molecular weight is 420 g/mol. The Morgan fingerprint density at radius 1 is 0.966 bits per heavy atom. The van der Waals surface area contributed by atoms with E-state index in [9.17, 15) is 18.0 Å². The molecule has 2 rings (SSSR count). The van der Waals surface area contributed by atoms with Gasteiger partial charge in [0.05, 0.1) is 17.7 Å². The second-order valence-electron chi connectivity index (χ2n) is 6.53. The predicted octanol–water partition coefficient (Wildman–Crippen LogP) is 2.00. The summed E-state index contributed by atoms with van der Waals surface area (Å²) in [7, 11) is -2.38. The van der Waals surface area contributed by atoms with Crippen molar-refractivity contribution in [2.45, 2.75) is 18.7 Å². The molecule has 3 N–H and O–H groups in total. The minimum absolute atomic E-state index is 0.0177. The van der Waals surface area contributed by atoms with Crippen LogP contribution in [0.5, 0.6) is 5.75 Å². The van der Waals surface area contributed by atoms with Gasteiger partial charge in [-0.15, -0.1) is 0 Å². The van der Waals surface area contributed by atoms with E-state index in [1.165, 1.54) is 31.4 Å². The quantitative estimate of drug-likeness (QED) is 0.538. The van der Waals surface area contributed by atoms with Crippen LogP contribution in [0.4, 0.5) is 5.69 Å². The molecule has 0 radical (unpaired) electrons. The van der Waals surface area contributed by atoms with E-state index >= 15 is 0 Å². The van der Waals surface area contributed by atoms with Crippen molar-refractivity contribution in [3.05, 3.63) is 54.1 Å². The lowest BCUT2D eigenvalue weighted by atomic mass is 10.2. The molecule has 9 heteroatoms. The number of nitrogens with one attached hydrogen (secondary N) is 3. The summed E-state index contributed by atoms with van der Waals surface area (Å²) in [5.74, 6) is -0.164. The van der Waals surface area contributed by atoms with Crippen molar-refractivity contribution in [1.29, 1.82) is 0 Å². The van der Waals surface area contributed by atoms with Crippen LogP contribution in [-0.4, -0.2) is 40.4 Å². The molecular weight excluding hydrogens is 394 g/mol. The van der Waals surface area contributed by atoms with E-state index < -0.39 is 10.0 Å². The fourth-order valence-electron chi connectivity index (χ4n) is 2.39. The normalized spacial score (nSPS) is 11.0. The third-order valence-electron chi connectivity index (χ3n) is 4.01. The van der Waals surface area contributed by atoms with Gasteiger partial charge < -0.3 is 15.4 Å². The van der Waals surface area contributed by atoms with Crippen molar-refractivity contribution in [3.8, 4) is 5.75 Å². The van der Waals surface area contributed by atoms with E-state index in [1.54, 1.807) is 38.1 Å². The van der Waals surface area contributed by atoms with Crippen LogP contribution in [0.25, 0.3) is 0 Å². The van der Waals surface area contributed by atoms with Crippen LogP contribution in [0.2, 0.25) is 0 Å². The average Bonchev–Trinajstić information content (AvgIpc) is 2.71. The molecule has 0 saturated heterocycles. The highest BCUT2D eigenvalue weighted by molar-refractivity contribution is 7.92. The van der Waals surface area contributed by atoms with Gasteiger partial charge in [0.2, 0.25) is 5.91 Å². The molecule has 156 valence electrons. The molecule has 0 atom stereocenters. The lowest BCUT2D eigenvalue weighted by Gasteiger charge is -2.12. The van der Waals surface area contributed by atoms with Crippen LogP contribution in [0.3, 0.4) is 0 Å². The summed E-state index contributed by atoms with van der Waals surface area (Å²) in [5.41, 5.74) is 0.636. The minimum Gasteiger partial charge on any atom is -0.495 e. The molecule has 2 aromatic rings. The SMILES string of the molecule is COc1ccccc1NS(=O)(=O)c1ccc(C(=O)NCCNC(=O)C(C)C)cc1. The standard InChI is InChI=1S/C20H25N3O5S/c1-14(2)19(24)21-12-13-22-20(25)15-8-10-16(11-9-15)29(26,27)23-17-6-4-5-7-18(17)28-3/h4-11,14,23H,12-13H2,1-3H3,(H,21,24)(H,22,25). The number of benzene rings is 2. The van der Waals surface area contributed by atoms with Crippen LogP contribution < -0.4 is 20.1 Å². The lowest BCUT2D eigenvalue weighted by Crippen LogP contribution is -2.36. The van der Waals surface area contributed by atoms with Crippen LogP contribution in [0, 0.1) is 5.92 Å². The predicted molar refractivity (Wildman–Crippen MR) is 110 cm³/mol. The summed E-state index contributed by atoms with van der Waals surface area (Å²) >= 11 is 0. The first-order valence-electron chi connectivity index (χ1n) is 9.06. The molecule has 0 saturated carbocycles. The summed E-state index contributed by atoms with van der Waals surface area (Å²) in [5, 5.41) is 5.37. The highest BCUT2D eigenvalue weighted by atomic mass is 32.2. The Morgan fingerprint density at radius 2 is 1.59 bits per heavy atom. The molecule has 0 aliphatic rings. The third-order valence-corrected chi connectivity index (χ3v) is 5.39. The summed E-state index contributed by atoms with van der Waals surface area (Å²) in [6.45, 7) is 4.16. The van der Waals surface area contributed by atoms with Gasteiger partial charge in [-0.1, -0.05) is 26.0 Å². The number of carbonyl (C=O) groups is 2. The maximum Gasteiger partial charge on any atom is 0.262 e. The van der Waals surface area contributed by atoms with Crippen LogP contribution in [0.15, 0.2) is 53.4 Å². The lowest BCUT2D eigenvalue weighted by molar-refractivity contribution is -0.123. The molecule has 0 spiro atoms. The number of methoxy groups -OCH3 is 1. The molecule has 0 aromatic heterocycles. The molecule has 2 aromatic carbocycles. The Morgan fingerprint density at radius 3 is 2.21 bits per heavy atom. The first kappa shape index (κ1) is 22.2. The van der Waals surface area contributed by atoms with Gasteiger partial charge in [0.1, 0.15) is 5.75 Å². The first-order valence-corrected chi connectivity index (χ1v) is 10.5. The number of carbonyl (C=O) groups excluding carboxylic acids is 2. The number of rotatable bonds is 9. The second kappa shape index (κ2) is 9.92. The molecule has 0 heterocycles. The van der Waals surface area contributed by atoms with E-state index in [1.807, 2.05) is 0 Å². The minimum atomic E-state index is -3.84. The van der Waals surface area contributed by atoms with Crippen LogP contribution in [0.1, 0.15) is 24.2 Å². The number of sulfonamides is 1. The van der Waals surface area contributed by atoms with Gasteiger partial charge in [-0.05, 0) is 36.4 Å². The zero-order valence-corrected chi connectivity index (χ0v) is 17.4. The largest absolute Gasteiger partial charge is 0.495 e. The molecule has 2 amide bonds. The molecule has 8 nitrogen and oxygen atoms in total. The van der Waals surface area contributed by atoms with E-state index in [0.717, 1.165) is 0 Å². The summed E-state index contributed by atoms with van der Waals surface area (Å²) in [4.78, 5) is 23.6. The maximum absolute atomic E-state index is 12.6. The summed E-state index contributed by atoms with van der Waals surface area (Å²) in [6.07, 6.45) is 0. The molecule has 0 bridgehead atoms. The van der Waals surface area contributed by atoms with Gasteiger partial charge in [0.25, 0.3) is 15.9 Å². The Balaban J connectivity index is 1.98. The van der Waals surface area contributed by atoms with E-state index in [4.69, 9.17) is 4.74 Å². The molecule has 29 heavy (non-hydrogen) atoms. The Labute approximate surface area is 170 Å². The highest BCUT2D eigenvalue weighted by Crippen LogP contribution is 2.26. The van der Waals surface area contributed by atoms with Crippen molar-refractivity contribution in [2.24, 2.45) is 5.92 Å². The van der Waals surface area contributed by atoms with Crippen molar-refractivity contribution in [1.82, 2.24) is 10.6 Å². The van der Waals surface area contributed by atoms with Gasteiger partial charge in [-0.2, -0.15) is 0 Å². The number of para-hydroxylation sites is 2. The maximum atomic E-state index is 12.6. The zero-order valence-electron chi connectivity index (χ0n) is 16.6. The number of hydrogen-bond donors (Lipinski definition) is 3. The Kier molecular flexibility index (Phi) is 7.60. The number of anilines is 1. The topological polar surface area (TPSA) is 114 Å². The van der Waals surface area contributed by atoms with Crippen LogP contribution >= 0.6 is 0 Å². The monoisotopic (exact) mass is 419 g/mol. The Bertz CT molecular complexity index is 956. The molecule has 0 aliphatic heterocycles. The van der Waals surface area contributed by atoms with Crippen molar-refractivity contribution >= 4 is 27.5 Å². The van der Waals surface area contributed by atoms with Crippen molar-refractivity contribution in [3.63, 3.8) is 0 Å². The van der Waals surface area contributed by atoms with E-state index in [0.29, 0.717) is 23.5 Å². The number of ether oxygens (including phenoxy) is 1. The van der Waals surface area contributed by atoms with Crippen LogP contribution in [-0.2, 0) is 14.8 Å².